The number of halogens is 2. The normalized spacial score (nSPS) is 29.4. The van der Waals surface area contributed by atoms with Gasteiger partial charge in [-0.25, -0.2) is 13.8 Å². The molecule has 2 fully saturated rings. The molecule has 2 N–H and O–H groups in total. The molecule has 2 saturated carbocycles. The Balaban J connectivity index is 1.82. The molecule has 2 aromatic rings. The van der Waals surface area contributed by atoms with Crippen LogP contribution >= 0.6 is 0 Å². The number of aromatic nitrogens is 2. The van der Waals surface area contributed by atoms with Gasteiger partial charge in [-0.3, -0.25) is 0 Å². The Morgan fingerprint density at radius 2 is 2.10 bits per heavy atom. The van der Waals surface area contributed by atoms with Crippen molar-refractivity contribution in [3.63, 3.8) is 0 Å². The third-order valence-corrected chi connectivity index (χ3v) is 5.59. The Morgan fingerprint density at radius 3 is 2.76 bits per heavy atom. The maximum Gasteiger partial charge on any atom is 0.201 e. The minimum absolute atomic E-state index is 0.0570. The van der Waals surface area contributed by atoms with Gasteiger partial charge in [0.25, 0.3) is 0 Å². The predicted molar refractivity (Wildman–Crippen MR) is 77.7 cm³/mol. The first-order valence-corrected chi connectivity index (χ1v) is 7.67. The molecule has 1 aromatic heterocycles. The van der Waals surface area contributed by atoms with Crippen molar-refractivity contribution in [2.24, 2.45) is 17.8 Å². The Kier molecular flexibility index (Phi) is 2.75. The van der Waals surface area contributed by atoms with E-state index < -0.39 is 11.6 Å². The molecule has 112 valence electrons. The zero-order valence-corrected chi connectivity index (χ0v) is 12.0. The maximum atomic E-state index is 14.2. The molecule has 4 unspecified atom stereocenters. The first-order valence-electron chi connectivity index (χ1n) is 7.67. The minimum atomic E-state index is -0.844. The first kappa shape index (κ1) is 13.0. The van der Waals surface area contributed by atoms with Gasteiger partial charge in [0.15, 0.2) is 11.6 Å². The number of nitrogens with two attached hydrogens (primary N) is 1. The molecule has 2 aliphatic carbocycles. The van der Waals surface area contributed by atoms with Crippen LogP contribution in [-0.4, -0.2) is 9.55 Å². The second-order valence-electron chi connectivity index (χ2n) is 6.65. The van der Waals surface area contributed by atoms with Crippen LogP contribution in [0, 0.1) is 29.4 Å². The Labute approximate surface area is 122 Å². The van der Waals surface area contributed by atoms with Crippen LogP contribution in [-0.2, 0) is 0 Å². The molecule has 0 aliphatic heterocycles. The van der Waals surface area contributed by atoms with Crippen molar-refractivity contribution in [1.29, 1.82) is 0 Å². The fraction of sp³-hybridized carbons (Fsp3) is 0.562. The molecule has 0 spiro atoms. The first-order chi connectivity index (χ1) is 10.1. The standard InChI is InChI=1S/C16H19F2N3/c1-8(11-7-9-2-3-10(11)6-9)21-15-13(20-16(21)19)5-4-12(17)14(15)18/h4-5,8-11H,2-3,6-7H2,1H3,(H2,19,20). The van der Waals surface area contributed by atoms with Crippen molar-refractivity contribution in [2.75, 3.05) is 5.73 Å². The second kappa shape index (κ2) is 4.42. The minimum Gasteiger partial charge on any atom is -0.369 e. The summed E-state index contributed by atoms with van der Waals surface area (Å²) in [6.07, 6.45) is 5.01. The van der Waals surface area contributed by atoms with Crippen LogP contribution in [0.3, 0.4) is 0 Å². The number of imidazole rings is 1. The lowest BCUT2D eigenvalue weighted by Gasteiger charge is -2.29. The van der Waals surface area contributed by atoms with Crippen molar-refractivity contribution >= 4 is 17.0 Å². The number of nitrogens with zero attached hydrogens (tertiary/aromatic N) is 2. The Bertz CT molecular complexity index is 709. The molecule has 2 aliphatic rings. The van der Waals surface area contributed by atoms with E-state index in [0.717, 1.165) is 12.0 Å². The lowest BCUT2D eigenvalue weighted by atomic mass is 9.84. The van der Waals surface area contributed by atoms with Crippen LogP contribution in [0.1, 0.15) is 38.6 Å². The van der Waals surface area contributed by atoms with Crippen molar-refractivity contribution in [3.05, 3.63) is 23.8 Å². The van der Waals surface area contributed by atoms with Crippen LogP contribution in [0.25, 0.3) is 11.0 Å². The van der Waals surface area contributed by atoms with Gasteiger partial charge in [-0.2, -0.15) is 0 Å². The summed E-state index contributed by atoms with van der Waals surface area (Å²) < 4.78 is 29.5. The third kappa shape index (κ3) is 1.79. The molecule has 4 rings (SSSR count). The molecule has 0 amide bonds. The van der Waals surface area contributed by atoms with E-state index in [1.807, 2.05) is 0 Å². The maximum absolute atomic E-state index is 14.2. The number of nitrogen functional groups attached to an aromatic ring is 1. The fourth-order valence-corrected chi connectivity index (χ4v) is 4.63. The number of benzene rings is 1. The highest BCUT2D eigenvalue weighted by atomic mass is 19.2. The van der Waals surface area contributed by atoms with E-state index in [1.165, 1.54) is 31.7 Å². The number of rotatable bonds is 2. The summed E-state index contributed by atoms with van der Waals surface area (Å²) in [7, 11) is 0. The topological polar surface area (TPSA) is 43.8 Å². The predicted octanol–water partition coefficient (Wildman–Crippen LogP) is 3.89. The van der Waals surface area contributed by atoms with Gasteiger partial charge in [-0.15, -0.1) is 0 Å². The largest absolute Gasteiger partial charge is 0.369 e. The average molecular weight is 291 g/mol. The molecule has 1 aromatic carbocycles. The number of hydrogen-bond acceptors (Lipinski definition) is 2. The third-order valence-electron chi connectivity index (χ3n) is 5.59. The quantitative estimate of drug-likeness (QED) is 0.912. The van der Waals surface area contributed by atoms with Crippen LogP contribution in [0.15, 0.2) is 12.1 Å². The average Bonchev–Trinajstić information content (AvgIpc) is 3.15. The van der Waals surface area contributed by atoms with Crippen LogP contribution in [0.5, 0.6) is 0 Å². The van der Waals surface area contributed by atoms with E-state index in [4.69, 9.17) is 5.73 Å². The smallest absolute Gasteiger partial charge is 0.201 e. The van der Waals surface area contributed by atoms with Crippen molar-refractivity contribution in [1.82, 2.24) is 9.55 Å². The van der Waals surface area contributed by atoms with E-state index in [-0.39, 0.29) is 17.5 Å². The van der Waals surface area contributed by atoms with Gasteiger partial charge in [0.1, 0.15) is 5.52 Å². The van der Waals surface area contributed by atoms with Crippen molar-refractivity contribution in [2.45, 2.75) is 38.6 Å². The molecule has 3 nitrogen and oxygen atoms in total. The molecular formula is C16H19F2N3. The van der Waals surface area contributed by atoms with Crippen molar-refractivity contribution < 1.29 is 8.78 Å². The molecular weight excluding hydrogens is 272 g/mol. The van der Waals surface area contributed by atoms with Crippen LogP contribution in [0.4, 0.5) is 14.7 Å². The van der Waals surface area contributed by atoms with Gasteiger partial charge >= 0.3 is 0 Å². The van der Waals surface area contributed by atoms with E-state index in [0.29, 0.717) is 17.4 Å². The van der Waals surface area contributed by atoms with E-state index in [2.05, 4.69) is 11.9 Å². The second-order valence-corrected chi connectivity index (χ2v) is 6.65. The number of anilines is 1. The van der Waals surface area contributed by atoms with Crippen LogP contribution < -0.4 is 5.73 Å². The van der Waals surface area contributed by atoms with E-state index in [1.54, 1.807) is 4.57 Å². The number of hydrogen-bond donors (Lipinski definition) is 1. The van der Waals surface area contributed by atoms with Gasteiger partial charge in [-0.1, -0.05) is 6.42 Å². The highest BCUT2D eigenvalue weighted by molar-refractivity contribution is 5.79. The molecule has 0 radical (unpaired) electrons. The van der Waals surface area contributed by atoms with E-state index in [9.17, 15) is 8.78 Å². The summed E-state index contributed by atoms with van der Waals surface area (Å²) in [4.78, 5) is 4.20. The highest BCUT2D eigenvalue weighted by Crippen LogP contribution is 2.52. The molecule has 1 heterocycles. The van der Waals surface area contributed by atoms with Crippen molar-refractivity contribution in [3.8, 4) is 0 Å². The van der Waals surface area contributed by atoms with Crippen LogP contribution in [0.2, 0.25) is 0 Å². The summed E-state index contributed by atoms with van der Waals surface area (Å²) in [5, 5.41) is 0. The molecule has 2 bridgehead atoms. The van der Waals surface area contributed by atoms with Gasteiger partial charge in [-0.05, 0) is 56.1 Å². The van der Waals surface area contributed by atoms with Gasteiger partial charge in [0.05, 0.1) is 5.52 Å². The molecule has 21 heavy (non-hydrogen) atoms. The summed E-state index contributed by atoms with van der Waals surface area (Å²) in [6, 6.07) is 2.66. The lowest BCUT2D eigenvalue weighted by molar-refractivity contribution is 0.247. The Morgan fingerprint density at radius 1 is 1.29 bits per heavy atom. The summed E-state index contributed by atoms with van der Waals surface area (Å²) in [5.74, 6) is 0.588. The van der Waals surface area contributed by atoms with Gasteiger partial charge < -0.3 is 10.3 Å². The number of fused-ring (bicyclic) bond motifs is 3. The lowest BCUT2D eigenvalue weighted by Crippen LogP contribution is -2.23. The fourth-order valence-electron chi connectivity index (χ4n) is 4.63. The zero-order chi connectivity index (χ0) is 14.7. The SMILES string of the molecule is CC(C1CC2CCC1C2)n1c(N)nc2ccc(F)c(F)c21. The molecule has 5 heteroatoms. The van der Waals surface area contributed by atoms with Gasteiger partial charge in [0.2, 0.25) is 5.95 Å². The molecule has 0 saturated heterocycles. The van der Waals surface area contributed by atoms with E-state index >= 15 is 0 Å². The summed E-state index contributed by atoms with van der Waals surface area (Å²) >= 11 is 0. The van der Waals surface area contributed by atoms with Gasteiger partial charge in [0, 0.05) is 6.04 Å². The summed E-state index contributed by atoms with van der Waals surface area (Å²) in [6.45, 7) is 2.06. The zero-order valence-electron chi connectivity index (χ0n) is 12.0. The summed E-state index contributed by atoms with van der Waals surface area (Å²) in [5.41, 5.74) is 6.64. The highest BCUT2D eigenvalue weighted by Gasteiger charge is 2.43. The Hall–Kier alpha value is -1.65. The monoisotopic (exact) mass is 291 g/mol. The molecule has 4 atom stereocenters.